The number of methoxy groups -OCH3 is 1. The molecule has 2 aromatic carbocycles. The lowest BCUT2D eigenvalue weighted by Crippen LogP contribution is -2.41. The molecule has 4 rings (SSSR count). The van der Waals surface area contributed by atoms with E-state index < -0.39 is 17.6 Å². The van der Waals surface area contributed by atoms with Gasteiger partial charge in [-0.25, -0.2) is 5.84 Å². The number of benzene rings is 2. The number of nitrogens with one attached hydrogen (secondary N) is 2. The summed E-state index contributed by atoms with van der Waals surface area (Å²) in [4.78, 5) is 15.3. The Kier molecular flexibility index (Phi) is 9.17. The molecule has 1 aromatic heterocycles. The average molecular weight is 586 g/mol. The van der Waals surface area contributed by atoms with E-state index in [0.29, 0.717) is 30.5 Å². The topological polar surface area (TPSA) is 101 Å². The molecule has 226 valence electrons. The van der Waals surface area contributed by atoms with Crippen LogP contribution in [0.3, 0.4) is 0 Å². The molecule has 1 aliphatic heterocycles. The number of ether oxygens (including phenoxy) is 1. The highest BCUT2D eigenvalue weighted by molar-refractivity contribution is 6.06. The average Bonchev–Trinajstić information content (AvgIpc) is 3.29. The number of nitrogens with two attached hydrogens (primary N) is 1. The summed E-state index contributed by atoms with van der Waals surface area (Å²) >= 11 is 0. The number of allylic oxidation sites excluding steroid dienone is 1. The first-order valence-corrected chi connectivity index (χ1v) is 13.7. The number of hydrogen-bond acceptors (Lipinski definition) is 7. The van der Waals surface area contributed by atoms with Gasteiger partial charge in [-0.3, -0.25) is 14.5 Å². The van der Waals surface area contributed by atoms with E-state index in [1.165, 1.54) is 12.1 Å². The summed E-state index contributed by atoms with van der Waals surface area (Å²) in [5, 5.41) is 11.6. The summed E-state index contributed by atoms with van der Waals surface area (Å²) in [6, 6.07) is 7.24. The fraction of sp³-hybridized carbons (Fsp3) is 0.400. The molecule has 0 saturated carbocycles. The molecule has 1 amide bonds. The predicted octanol–water partition coefficient (Wildman–Crippen LogP) is 5.25. The maximum atomic E-state index is 14.0. The molecule has 12 heteroatoms. The summed E-state index contributed by atoms with van der Waals surface area (Å²) in [6.45, 7) is 6.82. The summed E-state index contributed by atoms with van der Waals surface area (Å²) in [6.07, 6.45) is 0.428. The number of carbonyl (C=O) groups excluding carboxylic acids is 1. The lowest BCUT2D eigenvalue weighted by molar-refractivity contribution is -0.137. The molecule has 0 unspecified atom stereocenters. The van der Waals surface area contributed by atoms with E-state index in [1.807, 2.05) is 39.8 Å². The number of nitrogens with zero attached hydrogens (tertiary/aromatic N) is 4. The van der Waals surface area contributed by atoms with Crippen LogP contribution in [0.15, 0.2) is 42.7 Å². The van der Waals surface area contributed by atoms with Crippen LogP contribution in [-0.4, -0.2) is 49.0 Å². The largest absolute Gasteiger partial charge is 0.492 e. The minimum Gasteiger partial charge on any atom is -0.492 e. The van der Waals surface area contributed by atoms with Gasteiger partial charge in [0.1, 0.15) is 0 Å². The second-order valence-corrected chi connectivity index (χ2v) is 10.6. The number of piperidine rings is 1. The number of rotatable bonds is 8. The molecule has 4 N–H and O–H groups in total. The third kappa shape index (κ3) is 6.55. The summed E-state index contributed by atoms with van der Waals surface area (Å²) in [5.74, 6) is 5.98. The molecule has 42 heavy (non-hydrogen) atoms. The van der Waals surface area contributed by atoms with Gasteiger partial charge in [0.25, 0.3) is 5.91 Å². The maximum Gasteiger partial charge on any atom is 0.416 e. The van der Waals surface area contributed by atoms with Gasteiger partial charge in [-0.15, -0.1) is 0 Å². The standard InChI is InChI=1S/C30H38F3N7O2/c1-18-7-8-21(13-26(18)40(34)17-19(2)24-16-36-38(5)20(24)3)29(41)37-25-14-22(30(31,32)33)15-27(28(25)42-6)39-11-9-23(35-4)10-12-39/h7-8,13-17,23,35H,9-12,34H2,1-6H3,(H,37,41)/b19-17+. The van der Waals surface area contributed by atoms with Gasteiger partial charge in [0.05, 0.1) is 35.9 Å². The van der Waals surface area contributed by atoms with Gasteiger partial charge in [-0.2, -0.15) is 18.3 Å². The highest BCUT2D eigenvalue weighted by Crippen LogP contribution is 2.43. The van der Waals surface area contributed by atoms with Crippen molar-refractivity contribution in [3.8, 4) is 5.75 Å². The molecule has 1 saturated heterocycles. The highest BCUT2D eigenvalue weighted by atomic mass is 19.4. The van der Waals surface area contributed by atoms with Crippen LogP contribution in [0.25, 0.3) is 5.57 Å². The molecule has 0 aliphatic carbocycles. The normalized spacial score (nSPS) is 14.7. The number of alkyl halides is 3. The molecular weight excluding hydrogens is 547 g/mol. The monoisotopic (exact) mass is 585 g/mol. The Morgan fingerprint density at radius 3 is 2.45 bits per heavy atom. The summed E-state index contributed by atoms with van der Waals surface area (Å²) < 4.78 is 49.2. The van der Waals surface area contributed by atoms with Crippen LogP contribution in [0.4, 0.5) is 30.2 Å². The van der Waals surface area contributed by atoms with Gasteiger partial charge in [0.2, 0.25) is 0 Å². The molecule has 2 heterocycles. The van der Waals surface area contributed by atoms with Crippen molar-refractivity contribution in [1.82, 2.24) is 15.1 Å². The first kappa shape index (κ1) is 30.9. The summed E-state index contributed by atoms with van der Waals surface area (Å²) in [5.41, 5.74) is 3.75. The Morgan fingerprint density at radius 1 is 1.19 bits per heavy atom. The Balaban J connectivity index is 1.65. The van der Waals surface area contributed by atoms with Crippen molar-refractivity contribution >= 4 is 28.5 Å². The zero-order valence-corrected chi connectivity index (χ0v) is 24.8. The van der Waals surface area contributed by atoms with E-state index in [-0.39, 0.29) is 17.0 Å². The zero-order chi connectivity index (χ0) is 30.8. The quantitative estimate of drug-likeness (QED) is 0.245. The number of amides is 1. The smallest absolute Gasteiger partial charge is 0.416 e. The molecule has 0 spiro atoms. The van der Waals surface area contributed by atoms with Crippen molar-refractivity contribution in [1.29, 1.82) is 0 Å². The van der Waals surface area contributed by atoms with Crippen LogP contribution in [0.2, 0.25) is 0 Å². The van der Waals surface area contributed by atoms with Gasteiger partial charge in [0, 0.05) is 49.2 Å². The Labute approximate surface area is 244 Å². The lowest BCUT2D eigenvalue weighted by atomic mass is 10.0. The molecule has 0 atom stereocenters. The third-order valence-corrected chi connectivity index (χ3v) is 7.84. The van der Waals surface area contributed by atoms with Crippen molar-refractivity contribution in [2.45, 2.75) is 45.8 Å². The Morgan fingerprint density at radius 2 is 1.88 bits per heavy atom. The Hall–Kier alpha value is -4.03. The molecule has 3 aromatic rings. The van der Waals surface area contributed by atoms with Crippen molar-refractivity contribution < 1.29 is 22.7 Å². The predicted molar refractivity (Wildman–Crippen MR) is 160 cm³/mol. The second kappa shape index (κ2) is 12.5. The molecule has 1 aliphatic rings. The van der Waals surface area contributed by atoms with Gasteiger partial charge in [0.15, 0.2) is 5.75 Å². The van der Waals surface area contributed by atoms with E-state index in [9.17, 15) is 18.0 Å². The number of hydrogen-bond donors (Lipinski definition) is 3. The lowest BCUT2D eigenvalue weighted by Gasteiger charge is -2.35. The van der Waals surface area contributed by atoms with E-state index in [4.69, 9.17) is 10.6 Å². The van der Waals surface area contributed by atoms with Crippen LogP contribution >= 0.6 is 0 Å². The van der Waals surface area contributed by atoms with Gasteiger partial charge in [-0.05, 0) is 76.1 Å². The number of hydrazine groups is 1. The van der Waals surface area contributed by atoms with E-state index in [1.54, 1.807) is 35.3 Å². The van der Waals surface area contributed by atoms with Crippen molar-refractivity contribution in [2.24, 2.45) is 12.9 Å². The minimum absolute atomic E-state index is 0.0578. The zero-order valence-electron chi connectivity index (χ0n) is 24.8. The van der Waals surface area contributed by atoms with Crippen molar-refractivity contribution in [3.05, 3.63) is 70.7 Å². The fourth-order valence-corrected chi connectivity index (χ4v) is 5.19. The summed E-state index contributed by atoms with van der Waals surface area (Å²) in [7, 11) is 5.11. The van der Waals surface area contributed by atoms with Crippen LogP contribution in [0, 0.1) is 13.8 Å². The third-order valence-electron chi connectivity index (χ3n) is 7.84. The van der Waals surface area contributed by atoms with E-state index in [2.05, 4.69) is 15.7 Å². The van der Waals surface area contributed by atoms with E-state index in [0.717, 1.165) is 47.4 Å². The molecule has 0 radical (unpaired) electrons. The first-order chi connectivity index (χ1) is 19.8. The van der Waals surface area contributed by atoms with Gasteiger partial charge in [-0.1, -0.05) is 6.07 Å². The SMILES string of the molecule is CNC1CCN(c2cc(C(F)(F)F)cc(NC(=O)c3ccc(C)c(N(N)/C=C(\C)c4cnn(C)c4C)c3)c2OC)CC1. The number of halogens is 3. The first-order valence-electron chi connectivity index (χ1n) is 13.7. The van der Waals surface area contributed by atoms with Crippen LogP contribution in [0.5, 0.6) is 5.75 Å². The number of carbonyl (C=O) groups is 1. The number of aryl methyl sites for hydroxylation is 2. The Bertz CT molecular complexity index is 1470. The molecule has 0 bridgehead atoms. The van der Waals surface area contributed by atoms with Crippen LogP contribution < -0.4 is 31.1 Å². The van der Waals surface area contributed by atoms with Crippen molar-refractivity contribution in [3.63, 3.8) is 0 Å². The van der Waals surface area contributed by atoms with E-state index >= 15 is 0 Å². The molecule has 1 fully saturated rings. The maximum absolute atomic E-state index is 14.0. The van der Waals surface area contributed by atoms with Crippen LogP contribution in [-0.2, 0) is 13.2 Å². The van der Waals surface area contributed by atoms with Gasteiger partial charge >= 0.3 is 6.18 Å². The second-order valence-electron chi connectivity index (χ2n) is 10.6. The molecule has 9 nitrogen and oxygen atoms in total. The van der Waals surface area contributed by atoms with Crippen LogP contribution in [0.1, 0.15) is 52.5 Å². The highest BCUT2D eigenvalue weighted by Gasteiger charge is 2.34. The number of anilines is 3. The minimum atomic E-state index is -4.61. The molecular formula is C30H38F3N7O2. The number of aromatic nitrogens is 2. The van der Waals surface area contributed by atoms with Crippen molar-refractivity contribution in [2.75, 3.05) is 42.5 Å². The van der Waals surface area contributed by atoms with Gasteiger partial charge < -0.3 is 20.3 Å². The fourth-order valence-electron chi connectivity index (χ4n) is 5.19.